The largest absolute Gasteiger partial charge is 0.416 e. The summed E-state index contributed by atoms with van der Waals surface area (Å²) in [4.78, 5) is 15.5. The topological polar surface area (TPSA) is 58.8 Å². The van der Waals surface area contributed by atoms with Gasteiger partial charge in [0.25, 0.3) is 0 Å². The molecule has 8 heteroatoms. The van der Waals surface area contributed by atoms with E-state index >= 15 is 0 Å². The van der Waals surface area contributed by atoms with Gasteiger partial charge in [-0.3, -0.25) is 4.79 Å². The lowest BCUT2D eigenvalue weighted by molar-refractivity contribution is -0.137. The standard InChI is InChI=1S/C15H20F3N3O2/c1-23-10-13(19)14(22)21-7-5-20(6-8-21)12-4-2-3-11(9-12)15(16,17)18/h2-4,9,13H,5-8,10,19H2,1H3. The van der Waals surface area contributed by atoms with Gasteiger partial charge in [0, 0.05) is 39.0 Å². The van der Waals surface area contributed by atoms with Gasteiger partial charge in [0.1, 0.15) is 6.04 Å². The van der Waals surface area contributed by atoms with Crippen LogP contribution in [-0.2, 0) is 15.7 Å². The molecule has 0 aromatic heterocycles. The van der Waals surface area contributed by atoms with Crippen molar-refractivity contribution in [2.24, 2.45) is 5.73 Å². The molecule has 1 fully saturated rings. The fourth-order valence-electron chi connectivity index (χ4n) is 2.55. The Hall–Kier alpha value is -1.80. The number of rotatable bonds is 4. The van der Waals surface area contributed by atoms with Crippen LogP contribution >= 0.6 is 0 Å². The number of hydrogen-bond donors (Lipinski definition) is 1. The lowest BCUT2D eigenvalue weighted by Crippen LogP contribution is -2.54. The number of amides is 1. The number of carbonyl (C=O) groups is 1. The van der Waals surface area contributed by atoms with Gasteiger partial charge in [0.05, 0.1) is 12.2 Å². The van der Waals surface area contributed by atoms with E-state index in [9.17, 15) is 18.0 Å². The molecule has 1 aliphatic rings. The molecule has 128 valence electrons. The molecule has 2 rings (SSSR count). The normalized spacial score (nSPS) is 17.3. The highest BCUT2D eigenvalue weighted by molar-refractivity contribution is 5.82. The van der Waals surface area contributed by atoms with Crippen molar-refractivity contribution in [2.75, 3.05) is 44.8 Å². The molecule has 0 bridgehead atoms. The Balaban J connectivity index is 1.98. The van der Waals surface area contributed by atoms with Crippen LogP contribution in [0.3, 0.4) is 0 Å². The Labute approximate surface area is 132 Å². The van der Waals surface area contributed by atoms with Crippen molar-refractivity contribution in [1.82, 2.24) is 4.90 Å². The summed E-state index contributed by atoms with van der Waals surface area (Å²) in [5.74, 6) is -0.199. The number of benzene rings is 1. The highest BCUT2D eigenvalue weighted by Crippen LogP contribution is 2.31. The van der Waals surface area contributed by atoms with Crippen LogP contribution in [0.15, 0.2) is 24.3 Å². The SMILES string of the molecule is COCC(N)C(=O)N1CCN(c2cccc(C(F)(F)F)c2)CC1. The van der Waals surface area contributed by atoms with Crippen LogP contribution in [0.25, 0.3) is 0 Å². The van der Waals surface area contributed by atoms with E-state index in [0.717, 1.165) is 12.1 Å². The Kier molecular flexibility index (Phi) is 5.48. The van der Waals surface area contributed by atoms with Gasteiger partial charge < -0.3 is 20.3 Å². The summed E-state index contributed by atoms with van der Waals surface area (Å²) in [6.07, 6.45) is -4.36. The highest BCUT2D eigenvalue weighted by atomic mass is 19.4. The van der Waals surface area contributed by atoms with Crippen molar-refractivity contribution in [3.8, 4) is 0 Å². The number of ether oxygens (including phenoxy) is 1. The van der Waals surface area contributed by atoms with Crippen molar-refractivity contribution in [3.05, 3.63) is 29.8 Å². The van der Waals surface area contributed by atoms with Crippen LogP contribution < -0.4 is 10.6 Å². The number of hydrogen-bond acceptors (Lipinski definition) is 4. The van der Waals surface area contributed by atoms with Gasteiger partial charge in [-0.25, -0.2) is 0 Å². The Morgan fingerprint density at radius 3 is 2.52 bits per heavy atom. The van der Waals surface area contributed by atoms with E-state index in [4.69, 9.17) is 10.5 Å². The van der Waals surface area contributed by atoms with Crippen molar-refractivity contribution in [1.29, 1.82) is 0 Å². The third kappa shape index (κ3) is 4.35. The molecule has 2 N–H and O–H groups in total. The lowest BCUT2D eigenvalue weighted by Gasteiger charge is -2.37. The molecule has 23 heavy (non-hydrogen) atoms. The van der Waals surface area contributed by atoms with Crippen LogP contribution in [-0.4, -0.2) is 56.7 Å². The van der Waals surface area contributed by atoms with Gasteiger partial charge in [-0.1, -0.05) is 6.07 Å². The number of piperazine rings is 1. The molecule has 1 atom stereocenters. The zero-order valence-electron chi connectivity index (χ0n) is 12.8. The van der Waals surface area contributed by atoms with Gasteiger partial charge in [-0.15, -0.1) is 0 Å². The Morgan fingerprint density at radius 2 is 1.96 bits per heavy atom. The summed E-state index contributed by atoms with van der Waals surface area (Å²) in [5.41, 5.74) is 5.55. The number of anilines is 1. The summed E-state index contributed by atoms with van der Waals surface area (Å²) in [7, 11) is 1.47. The zero-order chi connectivity index (χ0) is 17.0. The molecule has 1 aromatic carbocycles. The molecular weight excluding hydrogens is 311 g/mol. The number of alkyl halides is 3. The first-order valence-electron chi connectivity index (χ1n) is 7.28. The maximum Gasteiger partial charge on any atom is 0.416 e. The summed E-state index contributed by atoms with van der Waals surface area (Å²) < 4.78 is 43.2. The highest BCUT2D eigenvalue weighted by Gasteiger charge is 2.31. The van der Waals surface area contributed by atoms with Crippen LogP contribution in [0.5, 0.6) is 0 Å². The van der Waals surface area contributed by atoms with Crippen LogP contribution in [0.2, 0.25) is 0 Å². The van der Waals surface area contributed by atoms with Gasteiger partial charge in [0.2, 0.25) is 5.91 Å². The second-order valence-electron chi connectivity index (χ2n) is 5.42. The molecule has 1 aliphatic heterocycles. The van der Waals surface area contributed by atoms with E-state index in [2.05, 4.69) is 0 Å². The summed E-state index contributed by atoms with van der Waals surface area (Å²) >= 11 is 0. The molecule has 1 amide bonds. The fraction of sp³-hybridized carbons (Fsp3) is 0.533. The minimum atomic E-state index is -4.36. The summed E-state index contributed by atoms with van der Waals surface area (Å²) in [6.45, 7) is 1.92. The monoisotopic (exact) mass is 331 g/mol. The minimum Gasteiger partial charge on any atom is -0.383 e. The van der Waals surface area contributed by atoms with Gasteiger partial charge >= 0.3 is 6.18 Å². The van der Waals surface area contributed by atoms with E-state index in [1.807, 2.05) is 4.90 Å². The van der Waals surface area contributed by atoms with E-state index in [1.165, 1.54) is 13.2 Å². The van der Waals surface area contributed by atoms with Crippen molar-refractivity contribution < 1.29 is 22.7 Å². The average Bonchev–Trinajstić information content (AvgIpc) is 2.54. The molecule has 1 unspecified atom stereocenters. The van der Waals surface area contributed by atoms with Crippen molar-refractivity contribution >= 4 is 11.6 Å². The first kappa shape index (κ1) is 17.6. The van der Waals surface area contributed by atoms with Gasteiger partial charge in [-0.05, 0) is 18.2 Å². The lowest BCUT2D eigenvalue weighted by atomic mass is 10.1. The van der Waals surface area contributed by atoms with Gasteiger partial charge in [0.15, 0.2) is 0 Å². The number of nitrogens with two attached hydrogens (primary N) is 1. The zero-order valence-corrected chi connectivity index (χ0v) is 12.8. The van der Waals surface area contributed by atoms with Crippen LogP contribution in [0, 0.1) is 0 Å². The van der Waals surface area contributed by atoms with Crippen molar-refractivity contribution in [2.45, 2.75) is 12.2 Å². The number of halogens is 3. The van der Waals surface area contributed by atoms with E-state index in [0.29, 0.717) is 31.9 Å². The second kappa shape index (κ2) is 7.18. The third-order valence-electron chi connectivity index (χ3n) is 3.79. The molecule has 0 saturated carbocycles. The van der Waals surface area contributed by atoms with Crippen molar-refractivity contribution in [3.63, 3.8) is 0 Å². The van der Waals surface area contributed by atoms with Gasteiger partial charge in [-0.2, -0.15) is 13.2 Å². The predicted octanol–water partition coefficient (Wildman–Crippen LogP) is 1.33. The average molecular weight is 331 g/mol. The Bertz CT molecular complexity index is 543. The molecule has 0 radical (unpaired) electrons. The maximum absolute atomic E-state index is 12.8. The minimum absolute atomic E-state index is 0.146. The third-order valence-corrected chi connectivity index (χ3v) is 3.79. The molecule has 5 nitrogen and oxygen atoms in total. The first-order valence-corrected chi connectivity index (χ1v) is 7.28. The number of methoxy groups -OCH3 is 1. The molecule has 0 aliphatic carbocycles. The maximum atomic E-state index is 12.8. The predicted molar refractivity (Wildman–Crippen MR) is 80.1 cm³/mol. The molecule has 1 saturated heterocycles. The molecular formula is C15H20F3N3O2. The smallest absolute Gasteiger partial charge is 0.383 e. The van der Waals surface area contributed by atoms with Crippen LogP contribution in [0.1, 0.15) is 5.56 Å². The quantitative estimate of drug-likeness (QED) is 0.904. The van der Waals surface area contributed by atoms with Crippen LogP contribution in [0.4, 0.5) is 18.9 Å². The van der Waals surface area contributed by atoms with E-state index < -0.39 is 17.8 Å². The molecule has 0 spiro atoms. The van der Waals surface area contributed by atoms with E-state index in [-0.39, 0.29) is 12.5 Å². The number of carbonyl (C=O) groups excluding carboxylic acids is 1. The fourth-order valence-corrected chi connectivity index (χ4v) is 2.55. The summed E-state index contributed by atoms with van der Waals surface area (Å²) in [6, 6.07) is 4.51. The second-order valence-corrected chi connectivity index (χ2v) is 5.42. The first-order chi connectivity index (χ1) is 10.8. The molecule has 1 heterocycles. The summed E-state index contributed by atoms with van der Waals surface area (Å²) in [5, 5.41) is 0. The number of nitrogens with zero attached hydrogens (tertiary/aromatic N) is 2. The Morgan fingerprint density at radius 1 is 1.30 bits per heavy atom. The van der Waals surface area contributed by atoms with E-state index in [1.54, 1.807) is 11.0 Å². The molecule has 1 aromatic rings.